The van der Waals surface area contributed by atoms with Gasteiger partial charge in [0.15, 0.2) is 0 Å². The molecule has 15 heteroatoms. The molecule has 6 heterocycles. The zero-order valence-corrected chi connectivity index (χ0v) is 28.4. The van der Waals surface area contributed by atoms with Crippen LogP contribution in [0, 0.1) is 5.92 Å². The maximum atomic E-state index is 15.0. The molecule has 1 unspecified atom stereocenters. The highest BCUT2D eigenvalue weighted by Gasteiger charge is 2.40. The molecular formula is C33H43FN8O5S. The topological polar surface area (TPSA) is 143 Å². The van der Waals surface area contributed by atoms with E-state index in [9.17, 15) is 17.6 Å². The summed E-state index contributed by atoms with van der Waals surface area (Å²) in [7, 11) is -1.53. The summed E-state index contributed by atoms with van der Waals surface area (Å²) in [4.78, 5) is 37.2. The van der Waals surface area contributed by atoms with Crippen molar-refractivity contribution in [2.24, 2.45) is 5.92 Å². The van der Waals surface area contributed by atoms with Crippen LogP contribution in [0.4, 0.5) is 27.8 Å². The molecule has 13 nitrogen and oxygen atoms in total. The van der Waals surface area contributed by atoms with Gasteiger partial charge in [0.1, 0.15) is 33.5 Å². The van der Waals surface area contributed by atoms with E-state index in [2.05, 4.69) is 26.8 Å². The number of nitrogens with one attached hydrogen (secondary N) is 1. The number of amides is 1. The van der Waals surface area contributed by atoms with Crippen LogP contribution in [0.1, 0.15) is 37.8 Å². The SMILES string of the molecule is C=CC(=O)N1CCCC1c1cnc(N2C[C@H](CS(C)(=O)=O)[C@H]2C)c2cnc(Nc3ccnc(N4CC[C@@H](OCCOC)[C@@H](F)C4)n3)cc12. The number of ether oxygens (including phenoxy) is 2. The Morgan fingerprint density at radius 1 is 1.12 bits per heavy atom. The second kappa shape index (κ2) is 14.3. The molecule has 3 saturated heterocycles. The Bertz CT molecular complexity index is 1760. The van der Waals surface area contributed by atoms with E-state index in [4.69, 9.17) is 19.4 Å². The molecule has 48 heavy (non-hydrogen) atoms. The van der Waals surface area contributed by atoms with Gasteiger partial charge in [0.25, 0.3) is 0 Å². The van der Waals surface area contributed by atoms with Crippen molar-refractivity contribution in [2.45, 2.75) is 50.5 Å². The molecule has 258 valence electrons. The van der Waals surface area contributed by atoms with Gasteiger partial charge in [0.2, 0.25) is 11.9 Å². The first-order valence-electron chi connectivity index (χ1n) is 16.3. The lowest BCUT2D eigenvalue weighted by Gasteiger charge is -2.47. The predicted octanol–water partition coefficient (Wildman–Crippen LogP) is 3.46. The molecule has 3 aliphatic rings. The molecule has 3 aromatic heterocycles. The zero-order chi connectivity index (χ0) is 34.0. The average molecular weight is 683 g/mol. The van der Waals surface area contributed by atoms with Gasteiger partial charge in [-0.3, -0.25) is 4.79 Å². The second-order valence-corrected chi connectivity index (χ2v) is 15.0. The third kappa shape index (κ3) is 7.22. The quantitative estimate of drug-likeness (QED) is 0.221. The number of carbonyl (C=O) groups is 1. The molecule has 6 rings (SSSR count). The van der Waals surface area contributed by atoms with Crippen molar-refractivity contribution in [2.75, 3.05) is 73.6 Å². The van der Waals surface area contributed by atoms with Crippen molar-refractivity contribution in [1.29, 1.82) is 0 Å². The molecule has 0 aliphatic carbocycles. The van der Waals surface area contributed by atoms with Crippen LogP contribution in [0.15, 0.2) is 43.4 Å². The molecule has 0 aromatic carbocycles. The highest BCUT2D eigenvalue weighted by Crippen LogP contribution is 2.41. The zero-order valence-electron chi connectivity index (χ0n) is 27.6. The minimum absolute atomic E-state index is 0.00886. The summed E-state index contributed by atoms with van der Waals surface area (Å²) in [5.74, 6) is 2.17. The number of anilines is 4. The molecule has 5 atom stereocenters. The monoisotopic (exact) mass is 682 g/mol. The van der Waals surface area contributed by atoms with Crippen LogP contribution in [0.5, 0.6) is 0 Å². The number of sulfone groups is 1. The Morgan fingerprint density at radius 3 is 2.69 bits per heavy atom. The third-order valence-electron chi connectivity index (χ3n) is 9.53. The summed E-state index contributed by atoms with van der Waals surface area (Å²) in [5, 5.41) is 4.99. The number of likely N-dealkylation sites (tertiary alicyclic amines) is 1. The highest BCUT2D eigenvalue weighted by atomic mass is 32.2. The fraction of sp³-hybridized carbons (Fsp3) is 0.545. The predicted molar refractivity (Wildman–Crippen MR) is 182 cm³/mol. The number of hydrogen-bond acceptors (Lipinski definition) is 12. The molecule has 1 amide bonds. The first kappa shape index (κ1) is 33.9. The van der Waals surface area contributed by atoms with E-state index >= 15 is 0 Å². The molecule has 3 fully saturated rings. The van der Waals surface area contributed by atoms with Crippen molar-refractivity contribution in [3.05, 3.63) is 48.9 Å². The number of rotatable bonds is 12. The third-order valence-corrected chi connectivity index (χ3v) is 10.6. The van der Waals surface area contributed by atoms with Gasteiger partial charge in [-0.05, 0) is 49.8 Å². The lowest BCUT2D eigenvalue weighted by Crippen LogP contribution is -2.57. The van der Waals surface area contributed by atoms with Gasteiger partial charge in [-0.25, -0.2) is 27.8 Å². The summed E-state index contributed by atoms with van der Waals surface area (Å²) in [6.07, 6.45) is 8.31. The van der Waals surface area contributed by atoms with E-state index in [1.165, 1.54) is 12.3 Å². The molecule has 0 radical (unpaired) electrons. The fourth-order valence-electron chi connectivity index (χ4n) is 6.96. The van der Waals surface area contributed by atoms with Crippen molar-refractivity contribution < 1.29 is 27.1 Å². The first-order valence-corrected chi connectivity index (χ1v) is 18.4. The van der Waals surface area contributed by atoms with Crippen LogP contribution >= 0.6 is 0 Å². The molecular weight excluding hydrogens is 639 g/mol. The maximum absolute atomic E-state index is 15.0. The Morgan fingerprint density at radius 2 is 1.96 bits per heavy atom. The Labute approximate surface area is 280 Å². The van der Waals surface area contributed by atoms with Crippen LogP contribution in [0.25, 0.3) is 10.8 Å². The van der Waals surface area contributed by atoms with E-state index in [1.54, 1.807) is 25.6 Å². The van der Waals surface area contributed by atoms with Gasteiger partial charge in [0, 0.05) is 74.5 Å². The number of carbonyl (C=O) groups excluding carboxylic acids is 1. The number of hydrogen-bond donors (Lipinski definition) is 1. The van der Waals surface area contributed by atoms with Crippen LogP contribution in [0.2, 0.25) is 0 Å². The van der Waals surface area contributed by atoms with E-state index in [0.717, 1.165) is 35.0 Å². The van der Waals surface area contributed by atoms with Gasteiger partial charge >= 0.3 is 0 Å². The van der Waals surface area contributed by atoms with Crippen molar-refractivity contribution in [3.8, 4) is 0 Å². The minimum atomic E-state index is -3.11. The van der Waals surface area contributed by atoms with Crippen LogP contribution < -0.4 is 15.1 Å². The second-order valence-electron chi connectivity index (χ2n) is 12.8. The summed E-state index contributed by atoms with van der Waals surface area (Å²) in [5.41, 5.74) is 0.903. The van der Waals surface area contributed by atoms with Gasteiger partial charge in [-0.15, -0.1) is 0 Å². The molecule has 0 bridgehead atoms. The van der Waals surface area contributed by atoms with Crippen molar-refractivity contribution >= 4 is 49.9 Å². The molecule has 3 aliphatic heterocycles. The first-order chi connectivity index (χ1) is 23.1. The number of piperidine rings is 1. The number of halogens is 1. The normalized spacial score (nSPS) is 24.5. The van der Waals surface area contributed by atoms with Crippen LogP contribution in [-0.2, 0) is 24.1 Å². The van der Waals surface area contributed by atoms with Crippen molar-refractivity contribution in [1.82, 2.24) is 24.8 Å². The van der Waals surface area contributed by atoms with E-state index in [1.807, 2.05) is 29.0 Å². The van der Waals surface area contributed by atoms with Gasteiger partial charge in [0.05, 0.1) is 37.7 Å². The summed E-state index contributed by atoms with van der Waals surface area (Å²) >= 11 is 0. The lowest BCUT2D eigenvalue weighted by atomic mass is 9.90. The number of methoxy groups -OCH3 is 1. The van der Waals surface area contributed by atoms with Crippen molar-refractivity contribution in [3.63, 3.8) is 0 Å². The van der Waals surface area contributed by atoms with Crippen LogP contribution in [0.3, 0.4) is 0 Å². The van der Waals surface area contributed by atoms with E-state index in [0.29, 0.717) is 56.9 Å². The van der Waals surface area contributed by atoms with Gasteiger partial charge in [-0.1, -0.05) is 6.58 Å². The number of aromatic nitrogens is 4. The molecule has 0 saturated carbocycles. The Hall–Kier alpha value is -3.95. The lowest BCUT2D eigenvalue weighted by molar-refractivity contribution is -0.126. The maximum Gasteiger partial charge on any atom is 0.246 e. The highest BCUT2D eigenvalue weighted by molar-refractivity contribution is 7.90. The van der Waals surface area contributed by atoms with E-state index < -0.39 is 22.1 Å². The number of pyridine rings is 2. The minimum Gasteiger partial charge on any atom is -0.382 e. The number of alkyl halides is 1. The number of fused-ring (bicyclic) bond motifs is 1. The molecule has 1 N–H and O–H groups in total. The Balaban J connectivity index is 1.27. The summed E-state index contributed by atoms with van der Waals surface area (Å²) in [6.45, 7) is 8.34. The standard InChI is InChI=1S/C33H43FN8O5S/c1-5-31(43)41-11-6-7-27(41)24-16-37-32(42-18-22(21(42)2)20-48(4,44)45)25-17-36-30(15-23(24)25)38-29-8-10-35-33(39-29)40-12-9-28(26(34)19-40)47-14-13-46-3/h5,8,10,15-17,21-22,26-28H,1,6-7,9,11-14,18-20H2,2-4H3,(H,35,36,38,39)/t21-,22-,26+,27?,28-/m1/s1. The van der Waals surface area contributed by atoms with Gasteiger partial charge in [-0.2, -0.15) is 4.98 Å². The molecule has 3 aromatic rings. The largest absolute Gasteiger partial charge is 0.382 e. The number of nitrogens with zero attached hydrogens (tertiary/aromatic N) is 7. The van der Waals surface area contributed by atoms with Crippen LogP contribution in [-0.4, -0.2) is 116 Å². The average Bonchev–Trinajstić information content (AvgIpc) is 3.56. The molecule has 0 spiro atoms. The van der Waals surface area contributed by atoms with Gasteiger partial charge < -0.3 is 29.5 Å². The summed E-state index contributed by atoms with van der Waals surface area (Å²) in [6, 6.07) is 3.47. The smallest absolute Gasteiger partial charge is 0.246 e. The summed E-state index contributed by atoms with van der Waals surface area (Å²) < 4.78 is 49.6. The Kier molecular flexibility index (Phi) is 10.1. The fourth-order valence-corrected chi connectivity index (χ4v) is 8.12. The van der Waals surface area contributed by atoms with E-state index in [-0.39, 0.29) is 36.2 Å².